The molecule has 124 valence electrons. The molecule has 0 heterocycles. The predicted octanol–water partition coefficient (Wildman–Crippen LogP) is 4.84. The van der Waals surface area contributed by atoms with Crippen LogP contribution in [0.15, 0.2) is 36.4 Å². The summed E-state index contributed by atoms with van der Waals surface area (Å²) in [4.78, 5) is 12.8. The number of nitrogens with one attached hydrogen (secondary N) is 1. The third-order valence-electron chi connectivity index (χ3n) is 5.12. The molecule has 2 atom stereocenters. The van der Waals surface area contributed by atoms with Gasteiger partial charge in [0.1, 0.15) is 11.6 Å². The third-order valence-corrected chi connectivity index (χ3v) is 5.12. The van der Waals surface area contributed by atoms with Crippen molar-refractivity contribution in [1.29, 1.82) is 0 Å². The summed E-state index contributed by atoms with van der Waals surface area (Å²) in [6, 6.07) is 9.74. The quantitative estimate of drug-likeness (QED) is 0.873. The Labute approximate surface area is 140 Å². The maximum Gasteiger partial charge on any atom is 0.255 e. The Bertz CT molecular complexity index is 802. The first-order chi connectivity index (χ1) is 11.7. The van der Waals surface area contributed by atoms with Crippen molar-refractivity contribution in [2.24, 2.45) is 0 Å². The Balaban J connectivity index is 1.70. The number of carbonyl (C=O) groups is 1. The zero-order valence-corrected chi connectivity index (χ0v) is 13.6. The predicted molar refractivity (Wildman–Crippen MR) is 91.3 cm³/mol. The van der Waals surface area contributed by atoms with Crippen LogP contribution < -0.4 is 10.1 Å². The van der Waals surface area contributed by atoms with Crippen molar-refractivity contribution in [2.75, 3.05) is 11.9 Å². The van der Waals surface area contributed by atoms with Crippen LogP contribution in [0.1, 0.15) is 59.5 Å². The van der Waals surface area contributed by atoms with Gasteiger partial charge in [-0.1, -0.05) is 6.07 Å². The molecule has 1 amide bonds. The fourth-order valence-electron chi connectivity index (χ4n) is 4.23. The number of ether oxygens (including phenoxy) is 1. The van der Waals surface area contributed by atoms with Gasteiger partial charge in [-0.25, -0.2) is 4.39 Å². The lowest BCUT2D eigenvalue weighted by molar-refractivity contribution is 0.102. The Morgan fingerprint density at radius 1 is 1.21 bits per heavy atom. The van der Waals surface area contributed by atoms with E-state index in [0.717, 1.165) is 24.2 Å². The van der Waals surface area contributed by atoms with Crippen molar-refractivity contribution in [2.45, 2.75) is 38.0 Å². The number of anilines is 1. The largest absolute Gasteiger partial charge is 0.494 e. The van der Waals surface area contributed by atoms with Gasteiger partial charge in [-0.15, -0.1) is 0 Å². The minimum absolute atomic E-state index is 0.174. The van der Waals surface area contributed by atoms with E-state index in [9.17, 15) is 9.18 Å². The second-order valence-corrected chi connectivity index (χ2v) is 6.54. The number of halogens is 1. The van der Waals surface area contributed by atoms with E-state index >= 15 is 0 Å². The molecule has 2 aliphatic carbocycles. The summed E-state index contributed by atoms with van der Waals surface area (Å²) in [5, 5.41) is 2.82. The molecule has 4 rings (SSSR count). The van der Waals surface area contributed by atoms with Gasteiger partial charge in [-0.05, 0) is 73.9 Å². The van der Waals surface area contributed by atoms with Crippen LogP contribution in [-0.2, 0) is 0 Å². The van der Waals surface area contributed by atoms with Crippen LogP contribution in [0.4, 0.5) is 10.1 Å². The van der Waals surface area contributed by atoms with Crippen LogP contribution in [0.25, 0.3) is 0 Å². The molecule has 1 N–H and O–H groups in total. The molecule has 2 aromatic rings. The fraction of sp³-hybridized carbons (Fsp3) is 0.350. The van der Waals surface area contributed by atoms with E-state index in [2.05, 4.69) is 5.32 Å². The Morgan fingerprint density at radius 3 is 2.75 bits per heavy atom. The van der Waals surface area contributed by atoms with Crippen LogP contribution in [0.3, 0.4) is 0 Å². The number of amides is 1. The molecule has 0 spiro atoms. The van der Waals surface area contributed by atoms with Gasteiger partial charge in [0.2, 0.25) is 0 Å². The first-order valence-electron chi connectivity index (χ1n) is 8.54. The summed E-state index contributed by atoms with van der Waals surface area (Å²) in [6.07, 6.45) is 3.42. The van der Waals surface area contributed by atoms with Crippen molar-refractivity contribution in [3.05, 3.63) is 58.9 Å². The average molecular weight is 325 g/mol. The smallest absolute Gasteiger partial charge is 0.255 e. The maximum absolute atomic E-state index is 13.3. The van der Waals surface area contributed by atoms with Gasteiger partial charge in [-0.3, -0.25) is 4.79 Å². The highest BCUT2D eigenvalue weighted by Crippen LogP contribution is 2.57. The fourth-order valence-corrected chi connectivity index (χ4v) is 4.23. The minimum Gasteiger partial charge on any atom is -0.494 e. The highest BCUT2D eigenvalue weighted by molar-refractivity contribution is 6.06. The van der Waals surface area contributed by atoms with E-state index in [0.29, 0.717) is 29.7 Å². The molecule has 2 unspecified atom stereocenters. The second-order valence-electron chi connectivity index (χ2n) is 6.54. The normalized spacial score (nSPS) is 20.8. The van der Waals surface area contributed by atoms with Crippen molar-refractivity contribution in [3.8, 4) is 5.75 Å². The minimum atomic E-state index is -0.358. The Hall–Kier alpha value is -2.36. The topological polar surface area (TPSA) is 38.3 Å². The van der Waals surface area contributed by atoms with Crippen LogP contribution >= 0.6 is 0 Å². The molecule has 2 aliphatic rings. The van der Waals surface area contributed by atoms with E-state index in [1.165, 1.54) is 24.1 Å². The van der Waals surface area contributed by atoms with E-state index in [1.807, 2.05) is 19.1 Å². The molecule has 4 heteroatoms. The molecule has 2 aromatic carbocycles. The Morgan fingerprint density at radius 2 is 2.00 bits per heavy atom. The average Bonchev–Trinajstić information content (AvgIpc) is 3.17. The van der Waals surface area contributed by atoms with E-state index < -0.39 is 0 Å². The molecule has 24 heavy (non-hydrogen) atoms. The number of fused-ring (bicyclic) bond motifs is 5. The lowest BCUT2D eigenvalue weighted by Gasteiger charge is -2.22. The molecule has 0 saturated heterocycles. The van der Waals surface area contributed by atoms with E-state index in [-0.39, 0.29) is 11.7 Å². The molecule has 0 aliphatic heterocycles. The van der Waals surface area contributed by atoms with Gasteiger partial charge in [0.15, 0.2) is 0 Å². The number of benzene rings is 2. The van der Waals surface area contributed by atoms with Gasteiger partial charge in [0.05, 0.1) is 6.61 Å². The molecule has 0 aromatic heterocycles. The van der Waals surface area contributed by atoms with Crippen LogP contribution in [0, 0.1) is 5.82 Å². The van der Waals surface area contributed by atoms with Crippen molar-refractivity contribution >= 4 is 11.6 Å². The molecule has 3 nitrogen and oxygen atoms in total. The molecule has 2 bridgehead atoms. The van der Waals surface area contributed by atoms with E-state index in [1.54, 1.807) is 12.1 Å². The first kappa shape index (κ1) is 15.2. The number of rotatable bonds is 4. The molecular weight excluding hydrogens is 305 g/mol. The standard InChI is InChI=1S/C20H20FNO2/c1-2-24-17-9-8-16(18-12-6-7-13(10-12)19(17)18)20(23)22-15-5-3-4-14(21)11-15/h3-5,8-9,11-13H,2,6-7,10H2,1H3,(H,22,23). The lowest BCUT2D eigenvalue weighted by atomic mass is 9.87. The highest BCUT2D eigenvalue weighted by atomic mass is 19.1. The molecule has 1 fully saturated rings. The number of carbonyl (C=O) groups excluding carboxylic acids is 1. The van der Waals surface area contributed by atoms with Crippen molar-refractivity contribution in [1.82, 2.24) is 0 Å². The highest BCUT2D eigenvalue weighted by Gasteiger charge is 2.41. The summed E-state index contributed by atoms with van der Waals surface area (Å²) in [7, 11) is 0. The maximum atomic E-state index is 13.3. The van der Waals surface area contributed by atoms with Gasteiger partial charge in [-0.2, -0.15) is 0 Å². The number of hydrogen-bond acceptors (Lipinski definition) is 2. The third kappa shape index (κ3) is 2.46. The lowest BCUT2D eigenvalue weighted by Crippen LogP contribution is -2.17. The van der Waals surface area contributed by atoms with Crippen molar-refractivity contribution in [3.63, 3.8) is 0 Å². The van der Waals surface area contributed by atoms with E-state index in [4.69, 9.17) is 4.74 Å². The number of hydrogen-bond donors (Lipinski definition) is 1. The molecular formula is C20H20FNO2. The summed E-state index contributed by atoms with van der Waals surface area (Å²) in [5.41, 5.74) is 3.54. The van der Waals surface area contributed by atoms with Gasteiger partial charge >= 0.3 is 0 Å². The van der Waals surface area contributed by atoms with Crippen LogP contribution in [0.5, 0.6) is 5.75 Å². The molecule has 0 radical (unpaired) electrons. The van der Waals surface area contributed by atoms with Crippen LogP contribution in [0.2, 0.25) is 0 Å². The summed E-state index contributed by atoms with van der Waals surface area (Å²) >= 11 is 0. The monoisotopic (exact) mass is 325 g/mol. The summed E-state index contributed by atoms with van der Waals surface area (Å²) in [6.45, 7) is 2.60. The molecule has 1 saturated carbocycles. The second kappa shape index (κ2) is 5.93. The zero-order valence-electron chi connectivity index (χ0n) is 13.6. The summed E-state index contributed by atoms with van der Waals surface area (Å²) < 4.78 is 19.1. The first-order valence-corrected chi connectivity index (χ1v) is 8.54. The van der Waals surface area contributed by atoms with Gasteiger partial charge in [0, 0.05) is 16.8 Å². The summed E-state index contributed by atoms with van der Waals surface area (Å²) in [5.74, 6) is 1.34. The zero-order chi connectivity index (χ0) is 16.7. The van der Waals surface area contributed by atoms with Crippen molar-refractivity contribution < 1.29 is 13.9 Å². The van der Waals surface area contributed by atoms with Crippen LogP contribution in [-0.4, -0.2) is 12.5 Å². The van der Waals surface area contributed by atoms with Gasteiger partial charge < -0.3 is 10.1 Å². The Kier molecular flexibility index (Phi) is 3.75. The SMILES string of the molecule is CCOc1ccc(C(=O)Nc2cccc(F)c2)c2c1C1CCC2C1. The van der Waals surface area contributed by atoms with Gasteiger partial charge in [0.25, 0.3) is 5.91 Å².